The van der Waals surface area contributed by atoms with Crippen molar-refractivity contribution in [1.82, 2.24) is 0 Å². The van der Waals surface area contributed by atoms with Crippen molar-refractivity contribution in [2.45, 2.75) is 51.4 Å². The molecule has 0 N–H and O–H groups in total. The van der Waals surface area contributed by atoms with Crippen molar-refractivity contribution < 1.29 is 4.74 Å². The van der Waals surface area contributed by atoms with Crippen molar-refractivity contribution in [2.24, 2.45) is 11.8 Å². The summed E-state index contributed by atoms with van der Waals surface area (Å²) in [6.45, 7) is 0. The van der Waals surface area contributed by atoms with E-state index in [1.165, 1.54) is 25.7 Å². The van der Waals surface area contributed by atoms with E-state index in [0.717, 1.165) is 17.6 Å². The van der Waals surface area contributed by atoms with Crippen LogP contribution in [0.3, 0.4) is 0 Å². The van der Waals surface area contributed by atoms with E-state index in [1.54, 1.807) is 32.8 Å². The lowest BCUT2D eigenvalue weighted by Gasteiger charge is -2.35. The summed E-state index contributed by atoms with van der Waals surface area (Å²) < 4.78 is 4.91. The molecule has 0 saturated heterocycles. The van der Waals surface area contributed by atoms with Gasteiger partial charge in [0.25, 0.3) is 0 Å². The van der Waals surface area contributed by atoms with Crippen molar-refractivity contribution >= 4 is 0 Å². The number of hydrogen-bond acceptors (Lipinski definition) is 1. The second-order valence-corrected chi connectivity index (χ2v) is 5.61. The first-order valence-corrected chi connectivity index (χ1v) is 7.49. The monoisotopic (exact) mass is 246 g/mol. The Kier molecular flexibility index (Phi) is 5.57. The predicted molar refractivity (Wildman–Crippen MR) is 76.9 cm³/mol. The lowest BCUT2D eigenvalue weighted by molar-refractivity contribution is 0.171. The Hall–Kier alpha value is -0.980. The van der Waals surface area contributed by atoms with Gasteiger partial charge in [-0.2, -0.15) is 0 Å². The van der Waals surface area contributed by atoms with Crippen LogP contribution in [0.15, 0.2) is 30.3 Å². The van der Waals surface area contributed by atoms with E-state index in [9.17, 15) is 0 Å². The van der Waals surface area contributed by atoms with Crippen LogP contribution in [0.5, 0.6) is 5.75 Å². The molecule has 3 rings (SSSR count). The van der Waals surface area contributed by atoms with Gasteiger partial charge in [-0.25, -0.2) is 0 Å². The molecule has 1 heteroatoms. The average molecular weight is 246 g/mol. The molecule has 1 nitrogen and oxygen atoms in total. The zero-order valence-corrected chi connectivity index (χ0v) is 11.6. The van der Waals surface area contributed by atoms with Gasteiger partial charge in [0.15, 0.2) is 0 Å². The summed E-state index contributed by atoms with van der Waals surface area (Å²) in [5.74, 6) is 3.22. The molecule has 18 heavy (non-hydrogen) atoms. The second kappa shape index (κ2) is 7.45. The molecule has 1 aromatic carbocycles. The van der Waals surface area contributed by atoms with Crippen LogP contribution in [0.4, 0.5) is 0 Å². The van der Waals surface area contributed by atoms with Gasteiger partial charge in [-0.1, -0.05) is 69.6 Å². The van der Waals surface area contributed by atoms with Crippen molar-refractivity contribution in [1.29, 1.82) is 0 Å². The molecule has 2 aliphatic rings. The van der Waals surface area contributed by atoms with Gasteiger partial charge in [-0.15, -0.1) is 0 Å². The molecule has 2 saturated carbocycles. The summed E-state index contributed by atoms with van der Waals surface area (Å²) in [4.78, 5) is 0. The summed E-state index contributed by atoms with van der Waals surface area (Å²) in [5.41, 5.74) is 0. The van der Waals surface area contributed by atoms with E-state index in [-0.39, 0.29) is 0 Å². The second-order valence-electron chi connectivity index (χ2n) is 5.61. The number of methoxy groups -OCH3 is 1. The standard InChI is InChI=1S/C10H18.C7H8O/c1-2-6-10-8-4-3-7-9(10)5-1;1-8-7-5-3-2-4-6-7/h9-10H,1-8H2;2-6H,1H3. The normalized spacial score (nSPS) is 26.5. The van der Waals surface area contributed by atoms with E-state index >= 15 is 0 Å². The smallest absolute Gasteiger partial charge is 0.118 e. The highest BCUT2D eigenvalue weighted by molar-refractivity contribution is 5.20. The molecular weight excluding hydrogens is 220 g/mol. The fraction of sp³-hybridized carbons (Fsp3) is 0.647. The van der Waals surface area contributed by atoms with Gasteiger partial charge in [0.2, 0.25) is 0 Å². The summed E-state index contributed by atoms with van der Waals surface area (Å²) in [6, 6.07) is 9.68. The zero-order valence-electron chi connectivity index (χ0n) is 11.6. The number of benzene rings is 1. The van der Waals surface area contributed by atoms with Crippen LogP contribution in [-0.4, -0.2) is 7.11 Å². The van der Waals surface area contributed by atoms with E-state index in [2.05, 4.69) is 0 Å². The van der Waals surface area contributed by atoms with Crippen LogP contribution in [0, 0.1) is 11.8 Å². The molecule has 1 aromatic rings. The Morgan fingerprint density at radius 1 is 0.778 bits per heavy atom. The molecule has 0 radical (unpaired) electrons. The fourth-order valence-corrected chi connectivity index (χ4v) is 3.41. The maximum atomic E-state index is 4.91. The average Bonchev–Trinajstić information content (AvgIpc) is 2.49. The van der Waals surface area contributed by atoms with Gasteiger partial charge in [-0.05, 0) is 24.0 Å². The first kappa shape index (κ1) is 13.5. The highest BCUT2D eigenvalue weighted by atomic mass is 16.5. The quantitative estimate of drug-likeness (QED) is 0.673. The topological polar surface area (TPSA) is 9.23 Å². The lowest BCUT2D eigenvalue weighted by Crippen LogP contribution is -2.22. The van der Waals surface area contributed by atoms with Crippen molar-refractivity contribution in [2.75, 3.05) is 7.11 Å². The van der Waals surface area contributed by atoms with Crippen LogP contribution in [-0.2, 0) is 0 Å². The van der Waals surface area contributed by atoms with E-state index in [1.807, 2.05) is 30.3 Å². The molecule has 0 unspecified atom stereocenters. The Balaban J connectivity index is 0.000000138. The van der Waals surface area contributed by atoms with Crippen LogP contribution >= 0.6 is 0 Å². The van der Waals surface area contributed by atoms with Crippen LogP contribution in [0.1, 0.15) is 51.4 Å². The Morgan fingerprint density at radius 2 is 1.22 bits per heavy atom. The molecule has 0 aliphatic heterocycles. The molecule has 0 heterocycles. The third-order valence-corrected chi connectivity index (χ3v) is 4.45. The molecule has 0 bridgehead atoms. The minimum Gasteiger partial charge on any atom is -0.497 e. The first-order valence-electron chi connectivity index (χ1n) is 7.49. The van der Waals surface area contributed by atoms with Gasteiger partial charge in [0, 0.05) is 0 Å². The molecular formula is C17H26O. The van der Waals surface area contributed by atoms with Crippen molar-refractivity contribution in [3.63, 3.8) is 0 Å². The number of para-hydroxylation sites is 1. The Morgan fingerprint density at radius 3 is 1.56 bits per heavy atom. The molecule has 0 atom stereocenters. The van der Waals surface area contributed by atoms with E-state index < -0.39 is 0 Å². The third-order valence-electron chi connectivity index (χ3n) is 4.45. The number of fused-ring (bicyclic) bond motifs is 1. The molecule has 0 amide bonds. The SMILES string of the molecule is C1CCC2CCCCC2C1.COc1ccccc1. The maximum absolute atomic E-state index is 4.91. The summed E-state index contributed by atoms with van der Waals surface area (Å²) >= 11 is 0. The van der Waals surface area contributed by atoms with Gasteiger partial charge in [0.1, 0.15) is 5.75 Å². The number of ether oxygens (including phenoxy) is 1. The fourth-order valence-electron chi connectivity index (χ4n) is 3.41. The summed E-state index contributed by atoms with van der Waals surface area (Å²) in [6.07, 6.45) is 12.4. The summed E-state index contributed by atoms with van der Waals surface area (Å²) in [5, 5.41) is 0. The molecule has 0 spiro atoms. The molecule has 2 fully saturated rings. The number of rotatable bonds is 1. The lowest BCUT2D eigenvalue weighted by atomic mass is 9.71. The minimum atomic E-state index is 0.910. The minimum absolute atomic E-state index is 0.910. The maximum Gasteiger partial charge on any atom is 0.118 e. The third kappa shape index (κ3) is 4.04. The van der Waals surface area contributed by atoms with Crippen molar-refractivity contribution in [3.8, 4) is 5.75 Å². The predicted octanol–water partition coefficient (Wildman–Crippen LogP) is 5.06. The first-order chi connectivity index (χ1) is 8.90. The van der Waals surface area contributed by atoms with Crippen molar-refractivity contribution in [3.05, 3.63) is 30.3 Å². The van der Waals surface area contributed by atoms with Gasteiger partial charge in [-0.3, -0.25) is 0 Å². The highest BCUT2D eigenvalue weighted by Gasteiger charge is 2.26. The molecule has 2 aliphatic carbocycles. The Bertz CT molecular complexity index is 294. The van der Waals surface area contributed by atoms with E-state index in [0.29, 0.717) is 0 Å². The zero-order chi connectivity index (χ0) is 12.6. The summed E-state index contributed by atoms with van der Waals surface area (Å²) in [7, 11) is 1.66. The highest BCUT2D eigenvalue weighted by Crippen LogP contribution is 2.39. The van der Waals surface area contributed by atoms with Crippen LogP contribution in [0.2, 0.25) is 0 Å². The Labute approximate surface area is 112 Å². The van der Waals surface area contributed by atoms with Gasteiger partial charge < -0.3 is 4.74 Å². The molecule has 100 valence electrons. The van der Waals surface area contributed by atoms with E-state index in [4.69, 9.17) is 4.74 Å². The molecule has 0 aromatic heterocycles. The largest absolute Gasteiger partial charge is 0.497 e. The van der Waals surface area contributed by atoms with Gasteiger partial charge in [0.05, 0.1) is 7.11 Å². The van der Waals surface area contributed by atoms with Crippen LogP contribution in [0.25, 0.3) is 0 Å². The van der Waals surface area contributed by atoms with Gasteiger partial charge >= 0.3 is 0 Å². The number of hydrogen-bond donors (Lipinski definition) is 0. The van der Waals surface area contributed by atoms with Crippen LogP contribution < -0.4 is 4.74 Å².